The molecule has 0 unspecified atom stereocenters. The van der Waals surface area contributed by atoms with Crippen LogP contribution in [0.2, 0.25) is 0 Å². The minimum absolute atomic E-state index is 1.10. The maximum Gasteiger partial charge on any atom is -0.000473 e. The predicted octanol–water partition coefficient (Wildman–Crippen LogP) is 4.17. The molecule has 11 heavy (non-hydrogen) atoms. The summed E-state index contributed by atoms with van der Waals surface area (Å²) in [5.74, 6) is 1.10. The molecule has 0 atom stereocenters. The van der Waals surface area contributed by atoms with Crippen LogP contribution in [-0.2, 0) is 0 Å². The fourth-order valence-corrected chi connectivity index (χ4v) is 2.54. The van der Waals surface area contributed by atoms with Crippen molar-refractivity contribution in [1.82, 2.24) is 0 Å². The van der Waals surface area contributed by atoms with Gasteiger partial charge < -0.3 is 0 Å². The fraction of sp³-hybridized carbons (Fsp3) is 1.00. The monoisotopic (exact) mass is 266 g/mol. The largest absolute Gasteiger partial charge is 0.0864 e. The molecule has 0 aliphatic heterocycles. The number of unbranched alkanes of at least 4 members (excludes halogenated alkanes) is 1. The molecule has 1 heteroatoms. The van der Waals surface area contributed by atoms with E-state index >= 15 is 0 Å². The van der Waals surface area contributed by atoms with Crippen molar-refractivity contribution in [1.29, 1.82) is 0 Å². The van der Waals surface area contributed by atoms with Gasteiger partial charge in [0.05, 0.1) is 0 Å². The zero-order chi connectivity index (χ0) is 7.94. The first-order chi connectivity index (χ1) is 5.43. The average molecular weight is 266 g/mol. The summed E-state index contributed by atoms with van der Waals surface area (Å²) in [4.78, 5) is 0. The molecule has 0 heterocycles. The van der Waals surface area contributed by atoms with Gasteiger partial charge in [-0.2, -0.15) is 0 Å². The Morgan fingerprint density at radius 2 is 1.73 bits per heavy atom. The highest BCUT2D eigenvalue weighted by molar-refractivity contribution is 14.1. The molecule has 0 bridgehead atoms. The molecular weight excluding hydrogens is 247 g/mol. The van der Waals surface area contributed by atoms with Crippen LogP contribution in [0, 0.1) is 5.92 Å². The molecule has 0 aromatic rings. The van der Waals surface area contributed by atoms with Crippen LogP contribution in [0.3, 0.4) is 0 Å². The van der Waals surface area contributed by atoms with Crippen LogP contribution < -0.4 is 0 Å². The van der Waals surface area contributed by atoms with Crippen molar-refractivity contribution in [2.75, 3.05) is 4.43 Å². The first kappa shape index (κ1) is 9.82. The molecule has 0 nitrogen and oxygen atoms in total. The van der Waals surface area contributed by atoms with Gasteiger partial charge in [0.25, 0.3) is 0 Å². The zero-order valence-electron chi connectivity index (χ0n) is 7.32. The Balaban J connectivity index is 1.96. The second-order valence-electron chi connectivity index (χ2n) is 3.69. The Kier molecular flexibility index (Phi) is 5.59. The zero-order valence-corrected chi connectivity index (χ0v) is 9.48. The van der Waals surface area contributed by atoms with Crippen LogP contribution in [0.15, 0.2) is 0 Å². The van der Waals surface area contributed by atoms with Gasteiger partial charge in [-0.15, -0.1) is 0 Å². The van der Waals surface area contributed by atoms with Gasteiger partial charge in [0.2, 0.25) is 0 Å². The van der Waals surface area contributed by atoms with E-state index in [1.807, 2.05) is 0 Å². The maximum atomic E-state index is 2.48. The molecule has 0 saturated heterocycles. The van der Waals surface area contributed by atoms with E-state index in [0.29, 0.717) is 0 Å². The number of hydrogen-bond donors (Lipinski definition) is 0. The molecule has 1 rings (SSSR count). The molecule has 1 aliphatic rings. The van der Waals surface area contributed by atoms with E-state index in [0.717, 1.165) is 5.92 Å². The lowest BCUT2D eigenvalue weighted by atomic mass is 9.86. The molecule has 66 valence electrons. The topological polar surface area (TPSA) is 0 Å². The number of alkyl halides is 1. The van der Waals surface area contributed by atoms with E-state index in [1.165, 1.54) is 55.8 Å². The first-order valence-electron chi connectivity index (χ1n) is 4.99. The minimum atomic E-state index is 1.10. The van der Waals surface area contributed by atoms with Crippen molar-refractivity contribution in [2.24, 2.45) is 5.92 Å². The Labute approximate surface area is 84.3 Å². The maximum absolute atomic E-state index is 2.48. The molecule has 1 fully saturated rings. The second-order valence-corrected chi connectivity index (χ2v) is 4.77. The molecule has 0 amide bonds. The summed E-state index contributed by atoms with van der Waals surface area (Å²) >= 11 is 2.48. The molecule has 0 N–H and O–H groups in total. The summed E-state index contributed by atoms with van der Waals surface area (Å²) in [6, 6.07) is 0. The molecule has 1 aliphatic carbocycles. The van der Waals surface area contributed by atoms with Gasteiger partial charge >= 0.3 is 0 Å². The van der Waals surface area contributed by atoms with Crippen molar-refractivity contribution < 1.29 is 0 Å². The third kappa shape index (κ3) is 4.34. The van der Waals surface area contributed by atoms with Crippen molar-refractivity contribution in [2.45, 2.75) is 51.4 Å². The van der Waals surface area contributed by atoms with Gasteiger partial charge in [-0.05, 0) is 16.8 Å². The molecule has 0 spiro atoms. The summed E-state index contributed by atoms with van der Waals surface area (Å²) < 4.78 is 1.35. The van der Waals surface area contributed by atoms with Gasteiger partial charge in [-0.25, -0.2) is 0 Å². The van der Waals surface area contributed by atoms with E-state index in [1.54, 1.807) is 0 Å². The Hall–Kier alpha value is 0.730. The van der Waals surface area contributed by atoms with Crippen LogP contribution in [0.1, 0.15) is 51.4 Å². The molecular formula is C10H19I. The van der Waals surface area contributed by atoms with Crippen LogP contribution in [-0.4, -0.2) is 4.43 Å². The van der Waals surface area contributed by atoms with Crippen LogP contribution in [0.5, 0.6) is 0 Å². The third-order valence-electron chi connectivity index (χ3n) is 2.72. The van der Waals surface area contributed by atoms with E-state index in [9.17, 15) is 0 Å². The lowest BCUT2D eigenvalue weighted by Crippen LogP contribution is -2.05. The Morgan fingerprint density at radius 1 is 1.00 bits per heavy atom. The molecule has 0 aromatic heterocycles. The Morgan fingerprint density at radius 3 is 2.36 bits per heavy atom. The van der Waals surface area contributed by atoms with E-state index in [4.69, 9.17) is 0 Å². The standard InChI is InChI=1S/C10H19I/c11-9-5-4-8-10-6-2-1-3-7-10/h10H,1-9H2. The van der Waals surface area contributed by atoms with E-state index in [2.05, 4.69) is 22.6 Å². The smallest absolute Gasteiger partial charge is 0.000473 e. The van der Waals surface area contributed by atoms with Gasteiger partial charge in [-0.3, -0.25) is 0 Å². The van der Waals surface area contributed by atoms with Crippen LogP contribution in [0.4, 0.5) is 0 Å². The highest BCUT2D eigenvalue weighted by atomic mass is 127. The number of hydrogen-bond acceptors (Lipinski definition) is 0. The average Bonchev–Trinajstić information content (AvgIpc) is 2.07. The normalized spacial score (nSPS) is 20.5. The lowest BCUT2D eigenvalue weighted by Gasteiger charge is -2.20. The summed E-state index contributed by atoms with van der Waals surface area (Å²) in [6.07, 6.45) is 12.0. The van der Waals surface area contributed by atoms with Gasteiger partial charge in [0, 0.05) is 0 Å². The van der Waals surface area contributed by atoms with Gasteiger partial charge in [0.1, 0.15) is 0 Å². The molecule has 1 saturated carbocycles. The SMILES string of the molecule is ICCCCC1CCCCC1. The van der Waals surface area contributed by atoms with Crippen LogP contribution >= 0.6 is 22.6 Å². The second kappa shape index (κ2) is 6.27. The van der Waals surface area contributed by atoms with Crippen molar-refractivity contribution in [3.05, 3.63) is 0 Å². The van der Waals surface area contributed by atoms with E-state index < -0.39 is 0 Å². The highest BCUT2D eigenvalue weighted by Gasteiger charge is 2.11. The Bertz CT molecular complexity index is 84.9. The molecule has 0 aromatic carbocycles. The summed E-state index contributed by atoms with van der Waals surface area (Å²) in [7, 11) is 0. The fourth-order valence-electron chi connectivity index (χ4n) is 2.00. The minimum Gasteiger partial charge on any atom is -0.0864 e. The van der Waals surface area contributed by atoms with Crippen molar-refractivity contribution >= 4 is 22.6 Å². The van der Waals surface area contributed by atoms with Crippen molar-refractivity contribution in [3.63, 3.8) is 0 Å². The highest BCUT2D eigenvalue weighted by Crippen LogP contribution is 2.27. The van der Waals surface area contributed by atoms with E-state index in [-0.39, 0.29) is 0 Å². The summed E-state index contributed by atoms with van der Waals surface area (Å²) in [6.45, 7) is 0. The quantitative estimate of drug-likeness (QED) is 0.407. The van der Waals surface area contributed by atoms with Gasteiger partial charge in [-0.1, -0.05) is 67.5 Å². The summed E-state index contributed by atoms with van der Waals surface area (Å²) in [5.41, 5.74) is 0. The first-order valence-corrected chi connectivity index (χ1v) is 6.52. The number of rotatable bonds is 4. The molecule has 0 radical (unpaired) electrons. The number of halogens is 1. The summed E-state index contributed by atoms with van der Waals surface area (Å²) in [5, 5.41) is 0. The van der Waals surface area contributed by atoms with Gasteiger partial charge in [0.15, 0.2) is 0 Å². The van der Waals surface area contributed by atoms with Crippen molar-refractivity contribution in [3.8, 4) is 0 Å². The lowest BCUT2D eigenvalue weighted by molar-refractivity contribution is 0.332. The predicted molar refractivity (Wildman–Crippen MR) is 59.3 cm³/mol. The third-order valence-corrected chi connectivity index (χ3v) is 3.48. The van der Waals surface area contributed by atoms with Crippen LogP contribution in [0.25, 0.3) is 0 Å².